The lowest BCUT2D eigenvalue weighted by Crippen LogP contribution is -2.53. The van der Waals surface area contributed by atoms with Gasteiger partial charge in [0.05, 0.1) is 27.6 Å². The number of halogens is 1. The first-order valence-corrected chi connectivity index (χ1v) is 18.4. The van der Waals surface area contributed by atoms with Crippen LogP contribution in [0.1, 0.15) is 86.7 Å². The molecule has 6 nitrogen and oxygen atoms in total. The minimum Gasteiger partial charge on any atom is -0.490 e. The number of amides is 1. The third-order valence-electron chi connectivity index (χ3n) is 11.3. The average molecular weight is 639 g/mol. The van der Waals surface area contributed by atoms with Gasteiger partial charge in [0, 0.05) is 34.3 Å². The third kappa shape index (κ3) is 5.80. The van der Waals surface area contributed by atoms with Gasteiger partial charge >= 0.3 is 0 Å². The van der Waals surface area contributed by atoms with Gasteiger partial charge in [0.15, 0.2) is 0 Å². The van der Waals surface area contributed by atoms with Gasteiger partial charge in [-0.15, -0.1) is 6.58 Å². The number of aryl methyl sites for hydroxylation is 1. The predicted molar refractivity (Wildman–Crippen MR) is 181 cm³/mol. The molecule has 0 aromatic heterocycles. The maximum absolute atomic E-state index is 13.7. The first kappa shape index (κ1) is 31.5. The van der Waals surface area contributed by atoms with Gasteiger partial charge in [-0.1, -0.05) is 37.1 Å². The van der Waals surface area contributed by atoms with Crippen LogP contribution in [0.25, 0.3) is 0 Å². The zero-order valence-electron chi connectivity index (χ0n) is 26.2. The minimum atomic E-state index is -2.92. The molecule has 7 atom stereocenters. The number of carbonyl (C=O) groups excluding carboxylic acids is 1. The van der Waals surface area contributed by atoms with Gasteiger partial charge < -0.3 is 14.7 Å². The van der Waals surface area contributed by atoms with Crippen LogP contribution in [-0.4, -0.2) is 51.6 Å². The van der Waals surface area contributed by atoms with Gasteiger partial charge in [-0.3, -0.25) is 9.52 Å². The molecule has 2 bridgehead atoms. The number of hydrogen-bond donors (Lipinski definition) is 2. The molecule has 2 heterocycles. The van der Waals surface area contributed by atoms with Gasteiger partial charge in [-0.05, 0) is 123 Å². The predicted octanol–water partition coefficient (Wildman–Crippen LogP) is 6.72. The molecule has 1 unspecified atom stereocenters. The molecule has 2 aromatic carbocycles. The fourth-order valence-electron chi connectivity index (χ4n) is 8.37. The molecule has 1 fully saturated rings. The molecular weight excluding hydrogens is 592 g/mol. The lowest BCUT2D eigenvalue weighted by Gasteiger charge is -2.50. The Morgan fingerprint density at radius 1 is 1.16 bits per heavy atom. The van der Waals surface area contributed by atoms with E-state index >= 15 is 0 Å². The number of benzene rings is 2. The normalized spacial score (nSPS) is 35.7. The van der Waals surface area contributed by atoms with Crippen molar-refractivity contribution in [2.24, 2.45) is 17.8 Å². The van der Waals surface area contributed by atoms with Gasteiger partial charge in [0.25, 0.3) is 5.91 Å². The number of nitrogens with one attached hydrogen (secondary N) is 1. The fourth-order valence-corrected chi connectivity index (χ4v) is 10.1. The monoisotopic (exact) mass is 638 g/mol. The van der Waals surface area contributed by atoms with E-state index in [1.54, 1.807) is 6.07 Å². The number of fused-ring (bicyclic) bond motifs is 4. The number of aliphatic hydroxyl groups is 1. The van der Waals surface area contributed by atoms with Crippen LogP contribution in [0.4, 0.5) is 5.69 Å². The molecular formula is C36H47ClN2O4S. The third-order valence-corrected chi connectivity index (χ3v) is 13.7. The topological polar surface area (TPSA) is 78.9 Å². The Kier molecular flexibility index (Phi) is 8.61. The van der Waals surface area contributed by atoms with Gasteiger partial charge in [0.1, 0.15) is 5.75 Å². The molecule has 8 heteroatoms. The van der Waals surface area contributed by atoms with E-state index in [9.17, 15) is 14.1 Å². The molecule has 2 aliphatic carbocycles. The van der Waals surface area contributed by atoms with Crippen molar-refractivity contribution < 1.29 is 18.8 Å². The number of ether oxygens (including phenoxy) is 1. The van der Waals surface area contributed by atoms with Crippen LogP contribution in [0.2, 0.25) is 5.02 Å². The Bertz CT molecular complexity index is 1540. The SMILES string of the molecule is C=CC[C@]1(O)CCC[C@H](C)[C@@H](C)S(=C)(=O)NC(=O)c2ccc3c(c2)N(C[C@@H]2CC[C@H]21)C[C@@]1(CCCc2cc(Cl)ccc21)CO3. The second-order valence-electron chi connectivity index (χ2n) is 14.1. The molecule has 0 radical (unpaired) electrons. The van der Waals surface area contributed by atoms with Crippen LogP contribution in [-0.2, 0) is 21.5 Å². The van der Waals surface area contributed by atoms with Crippen LogP contribution in [0, 0.1) is 17.8 Å². The Labute approximate surface area is 268 Å². The van der Waals surface area contributed by atoms with Gasteiger partial charge in [-0.25, -0.2) is 4.21 Å². The van der Waals surface area contributed by atoms with Crippen molar-refractivity contribution in [3.05, 3.63) is 70.8 Å². The molecule has 2 aliphatic heterocycles. The number of rotatable bonds is 2. The average Bonchev–Trinajstić information content (AvgIpc) is 3.11. The lowest BCUT2D eigenvalue weighted by atomic mass is 9.62. The van der Waals surface area contributed by atoms with Gasteiger partial charge in [-0.2, -0.15) is 0 Å². The van der Waals surface area contributed by atoms with Crippen molar-refractivity contribution in [2.75, 3.05) is 24.6 Å². The molecule has 4 aliphatic rings. The summed E-state index contributed by atoms with van der Waals surface area (Å²) in [5.74, 6) is 4.89. The van der Waals surface area contributed by atoms with Crippen molar-refractivity contribution in [3.63, 3.8) is 0 Å². The standard InChI is InChI=1S/C36H47ClN2O4S/c1-5-16-36(41)18-6-8-24(2)25(3)44(4,42)38-34(40)27-11-15-33-32(20-27)39(21-28-10-13-31(28)36)22-35(23-43-33)17-7-9-26-19-29(37)12-14-30(26)35/h5,11-12,14-15,19-20,24-25,28,31,41H,1,4,6-10,13,16-18,21-23H2,2-3H3,(H,38,40,42)/t24-,25+,28-,31+,35-,36-,44?/m0/s1. The molecule has 1 amide bonds. The van der Waals surface area contributed by atoms with Gasteiger partial charge in [0.2, 0.25) is 0 Å². The molecule has 1 spiro atoms. The van der Waals surface area contributed by atoms with Crippen LogP contribution in [0.15, 0.2) is 49.1 Å². The summed E-state index contributed by atoms with van der Waals surface area (Å²) < 4.78 is 23.2. The molecule has 1 saturated carbocycles. The second-order valence-corrected chi connectivity index (χ2v) is 16.9. The smallest absolute Gasteiger partial charge is 0.262 e. The van der Waals surface area contributed by atoms with Crippen LogP contribution in [0.3, 0.4) is 0 Å². The lowest BCUT2D eigenvalue weighted by molar-refractivity contribution is -0.0862. The Balaban J connectivity index is 1.44. The molecule has 2 aromatic rings. The molecule has 238 valence electrons. The van der Waals surface area contributed by atoms with Crippen molar-refractivity contribution in [1.82, 2.24) is 4.72 Å². The van der Waals surface area contributed by atoms with E-state index in [-0.39, 0.29) is 28.4 Å². The Morgan fingerprint density at radius 2 is 1.98 bits per heavy atom. The van der Waals surface area contributed by atoms with Crippen molar-refractivity contribution in [3.8, 4) is 5.75 Å². The summed E-state index contributed by atoms with van der Waals surface area (Å²) in [5.41, 5.74) is 2.83. The quantitative estimate of drug-likeness (QED) is 0.282. The molecule has 0 saturated heterocycles. The first-order valence-electron chi connectivity index (χ1n) is 16.3. The highest BCUT2D eigenvalue weighted by Crippen LogP contribution is 2.49. The number of anilines is 1. The van der Waals surface area contributed by atoms with Crippen molar-refractivity contribution in [2.45, 2.75) is 87.9 Å². The fraction of sp³-hybridized carbons (Fsp3) is 0.556. The van der Waals surface area contributed by atoms with E-state index in [1.165, 1.54) is 11.1 Å². The summed E-state index contributed by atoms with van der Waals surface area (Å²) in [4.78, 5) is 16.0. The molecule has 44 heavy (non-hydrogen) atoms. The number of hydrogen-bond acceptors (Lipinski definition) is 5. The zero-order valence-corrected chi connectivity index (χ0v) is 27.7. The van der Waals surface area contributed by atoms with E-state index in [0.29, 0.717) is 30.9 Å². The maximum Gasteiger partial charge on any atom is 0.262 e. The highest BCUT2D eigenvalue weighted by Gasteiger charge is 2.48. The summed E-state index contributed by atoms with van der Waals surface area (Å²) >= 11 is 6.43. The van der Waals surface area contributed by atoms with Crippen LogP contribution in [0.5, 0.6) is 5.75 Å². The summed E-state index contributed by atoms with van der Waals surface area (Å²) in [6.45, 7) is 10.0. The Hall–Kier alpha value is -2.48. The maximum atomic E-state index is 13.7. The van der Waals surface area contributed by atoms with E-state index < -0.39 is 15.3 Å². The number of carbonyl (C=O) groups is 1. The summed E-state index contributed by atoms with van der Waals surface area (Å²) in [6, 6.07) is 11.8. The van der Waals surface area contributed by atoms with E-state index in [1.807, 2.05) is 31.2 Å². The molecule has 2 N–H and O–H groups in total. The zero-order chi connectivity index (χ0) is 31.3. The summed E-state index contributed by atoms with van der Waals surface area (Å²) in [6.07, 6.45) is 9.77. The molecule has 6 rings (SSSR count). The largest absolute Gasteiger partial charge is 0.490 e. The minimum absolute atomic E-state index is 0.0683. The summed E-state index contributed by atoms with van der Waals surface area (Å²) in [5, 5.41) is 12.6. The van der Waals surface area contributed by atoms with E-state index in [4.69, 9.17) is 16.3 Å². The van der Waals surface area contributed by atoms with Crippen LogP contribution >= 0.6 is 11.6 Å². The van der Waals surface area contributed by atoms with Crippen LogP contribution < -0.4 is 14.4 Å². The highest BCUT2D eigenvalue weighted by molar-refractivity contribution is 7.99. The van der Waals surface area contributed by atoms with Crippen molar-refractivity contribution >= 4 is 38.8 Å². The van der Waals surface area contributed by atoms with E-state index in [0.717, 1.165) is 74.5 Å². The highest BCUT2D eigenvalue weighted by atomic mass is 35.5. The Morgan fingerprint density at radius 3 is 2.73 bits per heavy atom. The first-order chi connectivity index (χ1) is 20.9. The number of nitrogens with zero attached hydrogens (tertiary/aromatic N) is 1. The van der Waals surface area contributed by atoms with Crippen molar-refractivity contribution in [1.29, 1.82) is 0 Å². The summed E-state index contributed by atoms with van der Waals surface area (Å²) in [7, 11) is -2.92. The second kappa shape index (κ2) is 12.0. The van der Waals surface area contributed by atoms with E-state index in [2.05, 4.69) is 41.1 Å².